The molecule has 0 unspecified atom stereocenters. The summed E-state index contributed by atoms with van der Waals surface area (Å²) in [5.74, 6) is 0.807. The largest absolute Gasteiger partial charge is 0.338 e. The van der Waals surface area contributed by atoms with Gasteiger partial charge in [-0.2, -0.15) is 5.26 Å². The molecular formula is C24H27N3O. The van der Waals surface area contributed by atoms with Crippen LogP contribution in [0.1, 0.15) is 41.5 Å². The van der Waals surface area contributed by atoms with Gasteiger partial charge in [-0.3, -0.25) is 9.69 Å². The lowest BCUT2D eigenvalue weighted by atomic mass is 9.92. The summed E-state index contributed by atoms with van der Waals surface area (Å²) in [6.45, 7) is 4.56. The van der Waals surface area contributed by atoms with Gasteiger partial charge >= 0.3 is 0 Å². The number of fused-ring (bicyclic) bond motifs is 1. The standard InChI is InChI=1S/C24H27N3O/c25-16-20-4-3-5-21(14-20)17-26-11-8-19(9-12-26)15-24(28)27-13-10-22-6-1-2-7-23(22)18-27/h1-7,14,19H,8-13,15,17-18H2. The van der Waals surface area contributed by atoms with Crippen LogP contribution < -0.4 is 0 Å². The van der Waals surface area contributed by atoms with Crippen molar-refractivity contribution in [1.82, 2.24) is 9.80 Å². The minimum absolute atomic E-state index is 0.315. The molecule has 2 heterocycles. The van der Waals surface area contributed by atoms with Crippen molar-refractivity contribution in [3.05, 3.63) is 70.8 Å². The van der Waals surface area contributed by atoms with E-state index in [9.17, 15) is 4.79 Å². The third kappa shape index (κ3) is 4.43. The molecule has 28 heavy (non-hydrogen) atoms. The fourth-order valence-corrected chi connectivity index (χ4v) is 4.43. The van der Waals surface area contributed by atoms with Crippen molar-refractivity contribution in [2.45, 2.75) is 38.8 Å². The first-order valence-corrected chi connectivity index (χ1v) is 10.3. The van der Waals surface area contributed by atoms with Crippen molar-refractivity contribution < 1.29 is 4.79 Å². The van der Waals surface area contributed by atoms with Crippen LogP contribution in [0, 0.1) is 17.2 Å². The average molecular weight is 374 g/mol. The Bertz CT molecular complexity index is 877. The molecular weight excluding hydrogens is 346 g/mol. The molecule has 4 rings (SSSR count). The molecule has 0 bridgehead atoms. The van der Waals surface area contributed by atoms with Crippen molar-refractivity contribution in [3.63, 3.8) is 0 Å². The molecule has 1 saturated heterocycles. The van der Waals surface area contributed by atoms with Gasteiger partial charge in [0.25, 0.3) is 0 Å². The van der Waals surface area contributed by atoms with Gasteiger partial charge in [0.1, 0.15) is 0 Å². The van der Waals surface area contributed by atoms with E-state index < -0.39 is 0 Å². The van der Waals surface area contributed by atoms with Gasteiger partial charge in [-0.05, 0) is 67.1 Å². The van der Waals surface area contributed by atoms with E-state index in [0.29, 0.717) is 18.2 Å². The van der Waals surface area contributed by atoms with Crippen LogP contribution in [0.5, 0.6) is 0 Å². The van der Waals surface area contributed by atoms with Gasteiger partial charge < -0.3 is 4.90 Å². The Morgan fingerprint density at radius 2 is 1.82 bits per heavy atom. The molecule has 0 aliphatic carbocycles. The van der Waals surface area contributed by atoms with E-state index in [1.807, 2.05) is 23.1 Å². The van der Waals surface area contributed by atoms with Gasteiger partial charge in [0, 0.05) is 26.1 Å². The normalized spacial score (nSPS) is 17.8. The van der Waals surface area contributed by atoms with Crippen LogP contribution in [-0.4, -0.2) is 35.3 Å². The number of piperidine rings is 1. The van der Waals surface area contributed by atoms with Crippen molar-refractivity contribution in [3.8, 4) is 6.07 Å². The van der Waals surface area contributed by atoms with Gasteiger partial charge in [0.05, 0.1) is 11.6 Å². The van der Waals surface area contributed by atoms with Crippen LogP contribution in [0.3, 0.4) is 0 Å². The highest BCUT2D eigenvalue weighted by Gasteiger charge is 2.26. The molecule has 4 heteroatoms. The Hall–Kier alpha value is -2.64. The summed E-state index contributed by atoms with van der Waals surface area (Å²) < 4.78 is 0. The third-order valence-electron chi connectivity index (χ3n) is 6.12. The molecule has 4 nitrogen and oxygen atoms in total. The minimum Gasteiger partial charge on any atom is -0.338 e. The summed E-state index contributed by atoms with van der Waals surface area (Å²) in [6, 6.07) is 18.6. The zero-order valence-electron chi connectivity index (χ0n) is 16.3. The Labute approximate surface area is 167 Å². The molecule has 2 aromatic carbocycles. The fraction of sp³-hybridized carbons (Fsp3) is 0.417. The first-order chi connectivity index (χ1) is 13.7. The highest BCUT2D eigenvalue weighted by atomic mass is 16.2. The molecule has 0 N–H and O–H groups in total. The summed E-state index contributed by atoms with van der Waals surface area (Å²) in [4.78, 5) is 17.3. The number of carbonyl (C=O) groups is 1. The molecule has 2 aliphatic rings. The zero-order valence-corrected chi connectivity index (χ0v) is 16.3. The number of rotatable bonds is 4. The van der Waals surface area contributed by atoms with Gasteiger partial charge in [-0.1, -0.05) is 36.4 Å². The van der Waals surface area contributed by atoms with Crippen LogP contribution in [0.4, 0.5) is 0 Å². The maximum absolute atomic E-state index is 12.8. The smallest absolute Gasteiger partial charge is 0.223 e. The summed E-state index contributed by atoms with van der Waals surface area (Å²) in [7, 11) is 0. The average Bonchev–Trinajstić information content (AvgIpc) is 2.75. The number of nitrogens with zero attached hydrogens (tertiary/aromatic N) is 3. The predicted octanol–water partition coefficient (Wildman–Crippen LogP) is 3.75. The lowest BCUT2D eigenvalue weighted by molar-refractivity contribution is -0.133. The van der Waals surface area contributed by atoms with E-state index in [0.717, 1.165) is 57.5 Å². The molecule has 1 amide bonds. The number of carbonyl (C=O) groups excluding carboxylic acids is 1. The molecule has 0 saturated carbocycles. The van der Waals surface area contributed by atoms with E-state index in [1.54, 1.807) is 0 Å². The molecule has 2 aromatic rings. The summed E-state index contributed by atoms with van der Waals surface area (Å²) in [5.41, 5.74) is 4.61. The van der Waals surface area contributed by atoms with Crippen LogP contribution in [0.25, 0.3) is 0 Å². The summed E-state index contributed by atoms with van der Waals surface area (Å²) in [5, 5.41) is 9.05. The highest BCUT2D eigenvalue weighted by molar-refractivity contribution is 5.76. The Balaban J connectivity index is 1.25. The van der Waals surface area contributed by atoms with Crippen molar-refractivity contribution in [2.75, 3.05) is 19.6 Å². The number of amides is 1. The van der Waals surface area contributed by atoms with E-state index >= 15 is 0 Å². The molecule has 1 fully saturated rings. The van der Waals surface area contributed by atoms with Crippen molar-refractivity contribution in [2.24, 2.45) is 5.92 Å². The first kappa shape index (κ1) is 18.7. The first-order valence-electron chi connectivity index (χ1n) is 10.3. The Morgan fingerprint density at radius 3 is 2.61 bits per heavy atom. The van der Waals surface area contributed by atoms with Gasteiger partial charge in [0.2, 0.25) is 5.91 Å². The molecule has 0 atom stereocenters. The maximum atomic E-state index is 12.8. The fourth-order valence-electron chi connectivity index (χ4n) is 4.43. The van der Waals surface area contributed by atoms with Gasteiger partial charge in [-0.15, -0.1) is 0 Å². The molecule has 0 spiro atoms. The second-order valence-corrected chi connectivity index (χ2v) is 8.07. The number of benzene rings is 2. The van der Waals surface area contributed by atoms with Crippen molar-refractivity contribution >= 4 is 5.91 Å². The second-order valence-electron chi connectivity index (χ2n) is 8.07. The SMILES string of the molecule is N#Cc1cccc(CN2CCC(CC(=O)N3CCc4ccccc4C3)CC2)c1. The highest BCUT2D eigenvalue weighted by Crippen LogP contribution is 2.25. The summed E-state index contributed by atoms with van der Waals surface area (Å²) in [6.07, 6.45) is 3.81. The molecule has 0 aromatic heterocycles. The van der Waals surface area contributed by atoms with Crippen LogP contribution in [0.2, 0.25) is 0 Å². The van der Waals surface area contributed by atoms with E-state index in [4.69, 9.17) is 5.26 Å². The molecule has 144 valence electrons. The van der Waals surface area contributed by atoms with Crippen LogP contribution in [0.15, 0.2) is 48.5 Å². The predicted molar refractivity (Wildman–Crippen MR) is 109 cm³/mol. The van der Waals surface area contributed by atoms with Crippen molar-refractivity contribution in [1.29, 1.82) is 5.26 Å². The topological polar surface area (TPSA) is 47.3 Å². The lowest BCUT2D eigenvalue weighted by Crippen LogP contribution is -2.39. The van der Waals surface area contributed by atoms with Crippen LogP contribution >= 0.6 is 0 Å². The quantitative estimate of drug-likeness (QED) is 0.820. The monoisotopic (exact) mass is 373 g/mol. The Kier molecular flexibility index (Phi) is 5.73. The maximum Gasteiger partial charge on any atom is 0.223 e. The Morgan fingerprint density at radius 1 is 1.04 bits per heavy atom. The number of nitriles is 1. The van der Waals surface area contributed by atoms with E-state index in [2.05, 4.69) is 41.3 Å². The summed E-state index contributed by atoms with van der Waals surface area (Å²) >= 11 is 0. The lowest BCUT2D eigenvalue weighted by Gasteiger charge is -2.34. The van der Waals surface area contributed by atoms with E-state index in [-0.39, 0.29) is 0 Å². The third-order valence-corrected chi connectivity index (χ3v) is 6.12. The van der Waals surface area contributed by atoms with Gasteiger partial charge in [0.15, 0.2) is 0 Å². The van der Waals surface area contributed by atoms with E-state index in [1.165, 1.54) is 16.7 Å². The minimum atomic E-state index is 0.315. The number of likely N-dealkylation sites (tertiary alicyclic amines) is 1. The zero-order chi connectivity index (χ0) is 19.3. The van der Waals surface area contributed by atoms with Gasteiger partial charge in [-0.25, -0.2) is 0 Å². The molecule has 0 radical (unpaired) electrons. The molecule has 2 aliphatic heterocycles. The van der Waals surface area contributed by atoms with Crippen LogP contribution in [-0.2, 0) is 24.3 Å². The number of hydrogen-bond donors (Lipinski definition) is 0. The number of hydrogen-bond acceptors (Lipinski definition) is 3. The second kappa shape index (κ2) is 8.58.